The summed E-state index contributed by atoms with van der Waals surface area (Å²) in [7, 11) is 0. The Kier molecular flexibility index (Phi) is 8.01. The van der Waals surface area contributed by atoms with Crippen LogP contribution in [-0.2, 0) is 0 Å². The van der Waals surface area contributed by atoms with Crippen molar-refractivity contribution in [3.63, 3.8) is 0 Å². The van der Waals surface area contributed by atoms with Gasteiger partial charge in [0.15, 0.2) is 0 Å². The van der Waals surface area contributed by atoms with Crippen molar-refractivity contribution >= 4 is 0 Å². The summed E-state index contributed by atoms with van der Waals surface area (Å²) in [5, 5.41) is 19.2. The van der Waals surface area contributed by atoms with Crippen LogP contribution in [0.3, 0.4) is 0 Å². The van der Waals surface area contributed by atoms with Gasteiger partial charge in [-0.05, 0) is 37.0 Å². The highest BCUT2D eigenvalue weighted by Gasteiger charge is 2.26. The Hall–Kier alpha value is -0.0800. The maximum absolute atomic E-state index is 9.67. The summed E-state index contributed by atoms with van der Waals surface area (Å²) in [6.45, 7) is 6.97. The molecule has 0 aromatic rings. The summed E-state index contributed by atoms with van der Waals surface area (Å²) in [5.74, 6) is 2.32. The first-order valence-corrected chi connectivity index (χ1v) is 8.35. The molecule has 0 bridgehead atoms. The SMILES string of the molecule is CC(C)CCCC(C)CCCC1CCC(O)C(O)C1. The quantitative estimate of drug-likeness (QED) is 0.696. The van der Waals surface area contributed by atoms with Crippen LogP contribution in [0.25, 0.3) is 0 Å². The van der Waals surface area contributed by atoms with E-state index >= 15 is 0 Å². The zero-order valence-corrected chi connectivity index (χ0v) is 13.1. The number of aliphatic hydroxyl groups is 2. The third kappa shape index (κ3) is 7.31. The summed E-state index contributed by atoms with van der Waals surface area (Å²) in [5.41, 5.74) is 0. The highest BCUT2D eigenvalue weighted by molar-refractivity contribution is 4.79. The zero-order chi connectivity index (χ0) is 14.3. The number of hydrogen-bond donors (Lipinski definition) is 2. The molecule has 4 unspecified atom stereocenters. The van der Waals surface area contributed by atoms with E-state index < -0.39 is 12.2 Å². The third-order valence-electron chi connectivity index (χ3n) is 4.68. The number of rotatable bonds is 8. The second-order valence-corrected chi connectivity index (χ2v) is 7.17. The first kappa shape index (κ1) is 17.0. The van der Waals surface area contributed by atoms with Gasteiger partial charge in [0.1, 0.15) is 0 Å². The molecule has 19 heavy (non-hydrogen) atoms. The van der Waals surface area contributed by atoms with Crippen LogP contribution < -0.4 is 0 Å². The van der Waals surface area contributed by atoms with Crippen LogP contribution in [0.4, 0.5) is 0 Å². The largest absolute Gasteiger partial charge is 0.390 e. The molecule has 0 amide bonds. The fourth-order valence-electron chi connectivity index (χ4n) is 3.25. The lowest BCUT2D eigenvalue weighted by molar-refractivity contribution is -0.0268. The van der Waals surface area contributed by atoms with Gasteiger partial charge in [-0.3, -0.25) is 0 Å². The molecule has 1 aliphatic carbocycles. The molecule has 0 radical (unpaired) electrons. The average molecular weight is 270 g/mol. The van der Waals surface area contributed by atoms with Gasteiger partial charge in [0.2, 0.25) is 0 Å². The normalized spacial score (nSPS) is 29.7. The van der Waals surface area contributed by atoms with Crippen molar-refractivity contribution in [2.24, 2.45) is 17.8 Å². The van der Waals surface area contributed by atoms with Gasteiger partial charge in [-0.25, -0.2) is 0 Å². The van der Waals surface area contributed by atoms with E-state index in [9.17, 15) is 10.2 Å². The summed E-state index contributed by atoms with van der Waals surface area (Å²) in [6.07, 6.45) is 9.70. The van der Waals surface area contributed by atoms with E-state index in [4.69, 9.17) is 0 Å². The molecule has 0 aromatic carbocycles. The molecule has 0 spiro atoms. The molecule has 2 nitrogen and oxygen atoms in total. The van der Waals surface area contributed by atoms with Gasteiger partial charge in [0.05, 0.1) is 12.2 Å². The molecule has 2 heteroatoms. The Morgan fingerprint density at radius 1 is 0.895 bits per heavy atom. The van der Waals surface area contributed by atoms with Crippen LogP contribution in [0.15, 0.2) is 0 Å². The predicted molar refractivity (Wildman–Crippen MR) is 81.1 cm³/mol. The van der Waals surface area contributed by atoms with Crippen LogP contribution in [-0.4, -0.2) is 22.4 Å². The average Bonchev–Trinajstić information content (AvgIpc) is 2.33. The summed E-state index contributed by atoms with van der Waals surface area (Å²) >= 11 is 0. The number of hydrogen-bond acceptors (Lipinski definition) is 2. The van der Waals surface area contributed by atoms with E-state index in [1.165, 1.54) is 38.5 Å². The van der Waals surface area contributed by atoms with Crippen LogP contribution in [0.5, 0.6) is 0 Å². The van der Waals surface area contributed by atoms with E-state index in [2.05, 4.69) is 20.8 Å². The van der Waals surface area contributed by atoms with Gasteiger partial charge in [-0.15, -0.1) is 0 Å². The van der Waals surface area contributed by atoms with Gasteiger partial charge in [-0.1, -0.05) is 59.3 Å². The van der Waals surface area contributed by atoms with Crippen molar-refractivity contribution in [1.29, 1.82) is 0 Å². The summed E-state index contributed by atoms with van der Waals surface area (Å²) in [6, 6.07) is 0. The van der Waals surface area contributed by atoms with Crippen molar-refractivity contribution in [2.45, 2.75) is 90.8 Å². The first-order valence-electron chi connectivity index (χ1n) is 8.35. The van der Waals surface area contributed by atoms with Gasteiger partial charge >= 0.3 is 0 Å². The lowest BCUT2D eigenvalue weighted by atomic mass is 9.82. The van der Waals surface area contributed by atoms with E-state index in [0.29, 0.717) is 5.92 Å². The lowest BCUT2D eigenvalue weighted by Crippen LogP contribution is -2.33. The minimum absolute atomic E-state index is 0.466. The van der Waals surface area contributed by atoms with E-state index in [1.807, 2.05) is 0 Å². The molecular weight excluding hydrogens is 236 g/mol. The summed E-state index contributed by atoms with van der Waals surface area (Å²) < 4.78 is 0. The van der Waals surface area contributed by atoms with E-state index in [1.54, 1.807) is 0 Å². The maximum atomic E-state index is 9.67. The first-order chi connectivity index (χ1) is 8.99. The molecule has 1 rings (SSSR count). The van der Waals surface area contributed by atoms with Crippen molar-refractivity contribution < 1.29 is 10.2 Å². The van der Waals surface area contributed by atoms with Crippen LogP contribution in [0.1, 0.15) is 78.6 Å². The Morgan fingerprint density at radius 2 is 1.58 bits per heavy atom. The summed E-state index contributed by atoms with van der Waals surface area (Å²) in [4.78, 5) is 0. The van der Waals surface area contributed by atoms with Crippen molar-refractivity contribution in [3.8, 4) is 0 Å². The minimum Gasteiger partial charge on any atom is -0.390 e. The Morgan fingerprint density at radius 3 is 2.21 bits per heavy atom. The van der Waals surface area contributed by atoms with Crippen LogP contribution >= 0.6 is 0 Å². The zero-order valence-electron chi connectivity index (χ0n) is 13.1. The maximum Gasteiger partial charge on any atom is 0.0801 e. The third-order valence-corrected chi connectivity index (χ3v) is 4.68. The fourth-order valence-corrected chi connectivity index (χ4v) is 3.25. The second kappa shape index (κ2) is 8.97. The minimum atomic E-state index is -0.470. The molecular formula is C17H34O2. The second-order valence-electron chi connectivity index (χ2n) is 7.17. The van der Waals surface area contributed by atoms with Crippen LogP contribution in [0, 0.1) is 17.8 Å². The number of aliphatic hydroxyl groups excluding tert-OH is 2. The Labute approximate surface area is 119 Å². The lowest BCUT2D eigenvalue weighted by Gasteiger charge is -2.30. The topological polar surface area (TPSA) is 40.5 Å². The molecule has 0 saturated heterocycles. The molecule has 0 heterocycles. The Balaban J connectivity index is 2.03. The van der Waals surface area contributed by atoms with Crippen molar-refractivity contribution in [3.05, 3.63) is 0 Å². The van der Waals surface area contributed by atoms with Gasteiger partial charge in [-0.2, -0.15) is 0 Å². The Bertz CT molecular complexity index is 227. The predicted octanol–water partition coefficient (Wildman–Crippen LogP) is 4.14. The van der Waals surface area contributed by atoms with E-state index in [-0.39, 0.29) is 0 Å². The standard InChI is InChI=1S/C17H34O2/c1-13(2)6-4-7-14(3)8-5-9-15-10-11-16(18)17(19)12-15/h13-19H,4-12H2,1-3H3. The molecule has 0 aromatic heterocycles. The van der Waals surface area contributed by atoms with Gasteiger partial charge in [0.25, 0.3) is 0 Å². The molecule has 1 fully saturated rings. The highest BCUT2D eigenvalue weighted by Crippen LogP contribution is 2.29. The molecule has 1 saturated carbocycles. The smallest absolute Gasteiger partial charge is 0.0801 e. The van der Waals surface area contributed by atoms with Gasteiger partial charge in [0, 0.05) is 0 Å². The molecule has 0 aliphatic heterocycles. The van der Waals surface area contributed by atoms with Crippen molar-refractivity contribution in [1.82, 2.24) is 0 Å². The van der Waals surface area contributed by atoms with Crippen LogP contribution in [0.2, 0.25) is 0 Å². The van der Waals surface area contributed by atoms with E-state index in [0.717, 1.165) is 31.1 Å². The fraction of sp³-hybridized carbons (Fsp3) is 1.00. The highest BCUT2D eigenvalue weighted by atomic mass is 16.3. The van der Waals surface area contributed by atoms with Crippen molar-refractivity contribution in [2.75, 3.05) is 0 Å². The molecule has 4 atom stereocenters. The monoisotopic (exact) mass is 270 g/mol. The molecule has 114 valence electrons. The molecule has 2 N–H and O–H groups in total. The molecule has 1 aliphatic rings. The van der Waals surface area contributed by atoms with Gasteiger partial charge < -0.3 is 10.2 Å².